The lowest BCUT2D eigenvalue weighted by Crippen LogP contribution is -2.21. The minimum atomic E-state index is 0.0624. The lowest BCUT2D eigenvalue weighted by Gasteiger charge is -2.23. The summed E-state index contributed by atoms with van der Waals surface area (Å²) in [5.41, 5.74) is 2.32. The zero-order valence-electron chi connectivity index (χ0n) is 10.1. The lowest BCUT2D eigenvalue weighted by molar-refractivity contribution is -0.121. The van der Waals surface area contributed by atoms with E-state index in [1.54, 1.807) is 6.20 Å². The molecule has 0 saturated heterocycles. The van der Waals surface area contributed by atoms with Gasteiger partial charge in [0.1, 0.15) is 5.78 Å². The predicted molar refractivity (Wildman–Crippen MR) is 64.4 cm³/mol. The van der Waals surface area contributed by atoms with E-state index < -0.39 is 0 Å². The van der Waals surface area contributed by atoms with E-state index in [0.29, 0.717) is 18.1 Å². The second-order valence-electron chi connectivity index (χ2n) is 5.06. The first-order valence-electron chi connectivity index (χ1n) is 6.15. The Morgan fingerprint density at radius 3 is 3.12 bits per heavy atom. The van der Waals surface area contributed by atoms with Gasteiger partial charge in [0.15, 0.2) is 0 Å². The van der Waals surface area contributed by atoms with Gasteiger partial charge < -0.3 is 0 Å². The van der Waals surface area contributed by atoms with E-state index >= 15 is 0 Å². The molecule has 2 heteroatoms. The van der Waals surface area contributed by atoms with Gasteiger partial charge in [0.05, 0.1) is 11.6 Å². The molecule has 1 unspecified atom stereocenters. The third-order valence-corrected chi connectivity index (χ3v) is 3.19. The van der Waals surface area contributed by atoms with Gasteiger partial charge in [-0.3, -0.25) is 9.78 Å². The topological polar surface area (TPSA) is 30.0 Å². The molecule has 0 N–H and O–H groups in total. The molecule has 0 spiro atoms. The Morgan fingerprint density at radius 2 is 2.38 bits per heavy atom. The second kappa shape index (κ2) is 4.77. The number of aryl methyl sites for hydroxylation is 1. The number of hydrogen-bond donors (Lipinski definition) is 0. The zero-order chi connectivity index (χ0) is 11.5. The molecule has 1 aliphatic rings. The molecule has 0 saturated carbocycles. The average Bonchev–Trinajstić information content (AvgIpc) is 2.27. The Bertz CT molecular complexity index is 384. The molecule has 1 aromatic rings. The maximum absolute atomic E-state index is 12.1. The number of carbonyl (C=O) groups is 1. The smallest absolute Gasteiger partial charge is 0.142 e. The molecule has 0 radical (unpaired) electrons. The van der Waals surface area contributed by atoms with E-state index in [0.717, 1.165) is 25.0 Å². The van der Waals surface area contributed by atoms with Gasteiger partial charge in [0.25, 0.3) is 0 Å². The summed E-state index contributed by atoms with van der Waals surface area (Å²) in [6.45, 7) is 4.19. The van der Waals surface area contributed by atoms with Crippen molar-refractivity contribution in [2.75, 3.05) is 0 Å². The van der Waals surface area contributed by atoms with Crippen molar-refractivity contribution in [1.82, 2.24) is 4.98 Å². The van der Waals surface area contributed by atoms with Gasteiger partial charge in [-0.25, -0.2) is 0 Å². The number of ketones is 1. The van der Waals surface area contributed by atoms with E-state index in [4.69, 9.17) is 0 Å². The molecule has 1 aliphatic carbocycles. The Hall–Kier alpha value is -1.18. The number of aromatic nitrogens is 1. The molecule has 0 amide bonds. The first kappa shape index (κ1) is 11.3. The van der Waals surface area contributed by atoms with Crippen LogP contribution in [0.25, 0.3) is 0 Å². The molecule has 1 aromatic heterocycles. The van der Waals surface area contributed by atoms with Crippen LogP contribution in [0.3, 0.4) is 0 Å². The first-order chi connectivity index (χ1) is 7.68. The summed E-state index contributed by atoms with van der Waals surface area (Å²) >= 11 is 0. The summed E-state index contributed by atoms with van der Waals surface area (Å²) < 4.78 is 0. The fourth-order valence-corrected chi connectivity index (χ4v) is 2.47. The van der Waals surface area contributed by atoms with Crippen LogP contribution in [0, 0.1) is 5.92 Å². The highest BCUT2D eigenvalue weighted by Crippen LogP contribution is 2.31. The quantitative estimate of drug-likeness (QED) is 0.778. The minimum absolute atomic E-state index is 0.0624. The molecule has 0 aromatic carbocycles. The van der Waals surface area contributed by atoms with Crippen LogP contribution in [0.1, 0.15) is 50.3 Å². The number of pyridine rings is 1. The Labute approximate surface area is 97.1 Å². The summed E-state index contributed by atoms with van der Waals surface area (Å²) in [5, 5.41) is 0. The Kier molecular flexibility index (Phi) is 3.37. The van der Waals surface area contributed by atoms with Gasteiger partial charge in [-0.15, -0.1) is 0 Å². The molecular weight excluding hydrogens is 198 g/mol. The molecule has 2 rings (SSSR count). The summed E-state index contributed by atoms with van der Waals surface area (Å²) in [6.07, 6.45) is 5.66. The van der Waals surface area contributed by atoms with Crippen molar-refractivity contribution in [2.24, 2.45) is 5.92 Å². The third-order valence-electron chi connectivity index (χ3n) is 3.19. The average molecular weight is 217 g/mol. The highest BCUT2D eigenvalue weighted by molar-refractivity contribution is 5.86. The summed E-state index contributed by atoms with van der Waals surface area (Å²) in [4.78, 5) is 16.5. The molecule has 0 bridgehead atoms. The van der Waals surface area contributed by atoms with Crippen molar-refractivity contribution >= 4 is 5.78 Å². The van der Waals surface area contributed by atoms with Crippen molar-refractivity contribution in [3.63, 3.8) is 0 Å². The fraction of sp³-hybridized carbons (Fsp3) is 0.571. The number of hydrogen-bond acceptors (Lipinski definition) is 2. The van der Waals surface area contributed by atoms with Gasteiger partial charge in [0, 0.05) is 12.6 Å². The van der Waals surface area contributed by atoms with Crippen LogP contribution in [0.4, 0.5) is 0 Å². The van der Waals surface area contributed by atoms with Crippen LogP contribution >= 0.6 is 0 Å². The molecule has 1 heterocycles. The van der Waals surface area contributed by atoms with E-state index in [1.165, 1.54) is 5.56 Å². The van der Waals surface area contributed by atoms with Gasteiger partial charge in [-0.2, -0.15) is 0 Å². The molecule has 0 aliphatic heterocycles. The molecule has 16 heavy (non-hydrogen) atoms. The Morgan fingerprint density at radius 1 is 1.56 bits per heavy atom. The van der Waals surface area contributed by atoms with Crippen molar-refractivity contribution in [3.05, 3.63) is 29.6 Å². The first-order valence-corrected chi connectivity index (χ1v) is 6.15. The number of carbonyl (C=O) groups excluding carboxylic acids is 1. The van der Waals surface area contributed by atoms with Gasteiger partial charge >= 0.3 is 0 Å². The number of rotatable bonds is 3. The minimum Gasteiger partial charge on any atom is -0.299 e. The molecular formula is C14H19NO. The van der Waals surface area contributed by atoms with E-state index in [1.807, 2.05) is 6.07 Å². The largest absolute Gasteiger partial charge is 0.299 e. The van der Waals surface area contributed by atoms with E-state index in [-0.39, 0.29) is 5.92 Å². The van der Waals surface area contributed by atoms with Gasteiger partial charge in [-0.1, -0.05) is 19.9 Å². The van der Waals surface area contributed by atoms with E-state index in [2.05, 4.69) is 24.9 Å². The van der Waals surface area contributed by atoms with Crippen LogP contribution in [0.5, 0.6) is 0 Å². The normalized spacial score (nSPS) is 19.6. The van der Waals surface area contributed by atoms with Crippen LogP contribution in [0.2, 0.25) is 0 Å². The monoisotopic (exact) mass is 217 g/mol. The van der Waals surface area contributed by atoms with Crippen LogP contribution < -0.4 is 0 Å². The zero-order valence-corrected chi connectivity index (χ0v) is 10.1. The van der Waals surface area contributed by atoms with Crippen LogP contribution in [-0.2, 0) is 11.2 Å². The number of fused-ring (bicyclic) bond motifs is 1. The van der Waals surface area contributed by atoms with Crippen LogP contribution in [-0.4, -0.2) is 10.8 Å². The van der Waals surface area contributed by atoms with E-state index in [9.17, 15) is 4.79 Å². The van der Waals surface area contributed by atoms with Crippen molar-refractivity contribution in [1.29, 1.82) is 0 Å². The molecule has 2 nitrogen and oxygen atoms in total. The molecule has 86 valence electrons. The summed E-state index contributed by atoms with van der Waals surface area (Å²) in [7, 11) is 0. The van der Waals surface area contributed by atoms with Gasteiger partial charge in [0.2, 0.25) is 0 Å². The predicted octanol–water partition coefficient (Wildman–Crippen LogP) is 3.12. The van der Waals surface area contributed by atoms with Crippen molar-refractivity contribution in [2.45, 2.75) is 45.4 Å². The van der Waals surface area contributed by atoms with Crippen molar-refractivity contribution in [3.8, 4) is 0 Å². The second-order valence-corrected chi connectivity index (χ2v) is 5.06. The highest BCUT2D eigenvalue weighted by Gasteiger charge is 2.27. The summed E-state index contributed by atoms with van der Waals surface area (Å²) in [6, 6.07) is 4.07. The summed E-state index contributed by atoms with van der Waals surface area (Å²) in [5.74, 6) is 0.878. The maximum Gasteiger partial charge on any atom is 0.142 e. The number of nitrogens with zero attached hydrogens (tertiary/aromatic N) is 1. The Balaban J connectivity index is 2.21. The highest BCUT2D eigenvalue weighted by atomic mass is 16.1. The van der Waals surface area contributed by atoms with Gasteiger partial charge in [-0.05, 0) is 36.8 Å². The third kappa shape index (κ3) is 2.31. The maximum atomic E-state index is 12.1. The fourth-order valence-electron chi connectivity index (χ4n) is 2.47. The lowest BCUT2D eigenvalue weighted by atomic mass is 9.82. The molecule has 0 fully saturated rings. The number of Topliss-reactive ketones (excluding diaryl/α,β-unsaturated/α-hetero) is 1. The van der Waals surface area contributed by atoms with Crippen molar-refractivity contribution < 1.29 is 4.79 Å². The van der Waals surface area contributed by atoms with Crippen LogP contribution in [0.15, 0.2) is 18.3 Å². The SMILES string of the molecule is CC(C)CC(=O)C1CCCc2cccnc21. The molecule has 1 atom stereocenters. The standard InChI is InChI=1S/C14H19NO/c1-10(2)9-13(16)12-7-3-5-11-6-4-8-15-14(11)12/h4,6,8,10,12H,3,5,7,9H2,1-2H3.